The number of nitrogens with one attached hydrogen (secondary N) is 1. The molecule has 0 amide bonds. The van der Waals surface area contributed by atoms with E-state index in [1.807, 2.05) is 12.3 Å². The van der Waals surface area contributed by atoms with Gasteiger partial charge in [-0.3, -0.25) is 4.98 Å². The summed E-state index contributed by atoms with van der Waals surface area (Å²) in [5.41, 5.74) is 2.24. The summed E-state index contributed by atoms with van der Waals surface area (Å²) in [6.07, 6.45) is 3.86. The molecule has 0 aliphatic heterocycles. The van der Waals surface area contributed by atoms with Crippen molar-refractivity contribution in [3.05, 3.63) is 36.7 Å². The lowest BCUT2D eigenvalue weighted by atomic mass is 10.2. The zero-order chi connectivity index (χ0) is 12.7. The fourth-order valence-electron chi connectivity index (χ4n) is 1.82. The second-order valence-corrected chi connectivity index (χ2v) is 4.05. The molecule has 1 atom stereocenters. The van der Waals surface area contributed by atoms with Crippen molar-refractivity contribution < 1.29 is 0 Å². The minimum absolute atomic E-state index is 0.309. The standard InChI is InChI=1S/C14H23N3/c1-5-10-17(7-3)13-8-9-14(16-11-13)12(4)15-6-2/h5,8-9,11-12,15H,1,6-7,10H2,2-4H3. The Bertz CT molecular complexity index is 332. The quantitative estimate of drug-likeness (QED) is 0.734. The van der Waals surface area contributed by atoms with E-state index in [-0.39, 0.29) is 0 Å². The van der Waals surface area contributed by atoms with Gasteiger partial charge in [0, 0.05) is 19.1 Å². The van der Waals surface area contributed by atoms with E-state index in [0.29, 0.717) is 6.04 Å². The lowest BCUT2D eigenvalue weighted by Gasteiger charge is -2.21. The first-order valence-electron chi connectivity index (χ1n) is 6.28. The van der Waals surface area contributed by atoms with Crippen molar-refractivity contribution in [2.24, 2.45) is 0 Å². The minimum Gasteiger partial charge on any atom is -0.367 e. The molecule has 94 valence electrons. The predicted molar refractivity (Wildman–Crippen MR) is 74.4 cm³/mol. The summed E-state index contributed by atoms with van der Waals surface area (Å²) < 4.78 is 0. The molecule has 0 fully saturated rings. The molecule has 3 nitrogen and oxygen atoms in total. The van der Waals surface area contributed by atoms with Gasteiger partial charge < -0.3 is 10.2 Å². The Hall–Kier alpha value is -1.35. The van der Waals surface area contributed by atoms with E-state index in [1.165, 1.54) is 0 Å². The molecule has 0 radical (unpaired) electrons. The van der Waals surface area contributed by atoms with E-state index >= 15 is 0 Å². The molecule has 0 spiro atoms. The minimum atomic E-state index is 0.309. The smallest absolute Gasteiger partial charge is 0.0572 e. The van der Waals surface area contributed by atoms with Crippen LogP contribution < -0.4 is 10.2 Å². The molecule has 0 aliphatic rings. The first-order chi connectivity index (χ1) is 8.22. The van der Waals surface area contributed by atoms with Crippen LogP contribution in [0.15, 0.2) is 31.0 Å². The average molecular weight is 233 g/mol. The third-order valence-electron chi connectivity index (χ3n) is 2.82. The second kappa shape index (κ2) is 7.07. The van der Waals surface area contributed by atoms with Crippen LogP contribution in [0.2, 0.25) is 0 Å². The van der Waals surface area contributed by atoms with Crippen LogP contribution in [-0.4, -0.2) is 24.6 Å². The Balaban J connectivity index is 2.75. The first-order valence-corrected chi connectivity index (χ1v) is 6.28. The van der Waals surface area contributed by atoms with E-state index in [1.54, 1.807) is 0 Å². The van der Waals surface area contributed by atoms with E-state index in [2.05, 4.69) is 54.7 Å². The molecule has 17 heavy (non-hydrogen) atoms. The average Bonchev–Trinajstić information content (AvgIpc) is 2.36. The molecule has 1 aromatic heterocycles. The molecular formula is C14H23N3. The molecular weight excluding hydrogens is 210 g/mol. The third-order valence-corrected chi connectivity index (χ3v) is 2.82. The molecule has 1 unspecified atom stereocenters. The molecule has 0 bridgehead atoms. The summed E-state index contributed by atoms with van der Waals surface area (Å²) in [6.45, 7) is 12.9. The van der Waals surface area contributed by atoms with Gasteiger partial charge in [0.1, 0.15) is 0 Å². The van der Waals surface area contributed by atoms with Crippen molar-refractivity contribution in [2.75, 3.05) is 24.5 Å². The van der Waals surface area contributed by atoms with Gasteiger partial charge in [0.15, 0.2) is 0 Å². The maximum absolute atomic E-state index is 4.51. The summed E-state index contributed by atoms with van der Waals surface area (Å²) in [7, 11) is 0. The van der Waals surface area contributed by atoms with Crippen LogP contribution in [-0.2, 0) is 0 Å². The van der Waals surface area contributed by atoms with Gasteiger partial charge in [-0.05, 0) is 32.5 Å². The maximum Gasteiger partial charge on any atom is 0.0572 e. The predicted octanol–water partition coefficient (Wildman–Crippen LogP) is 2.76. The number of rotatable bonds is 7. The summed E-state index contributed by atoms with van der Waals surface area (Å²) in [4.78, 5) is 6.75. The Morgan fingerprint density at radius 2 is 2.24 bits per heavy atom. The number of pyridine rings is 1. The Morgan fingerprint density at radius 3 is 2.71 bits per heavy atom. The highest BCUT2D eigenvalue weighted by molar-refractivity contribution is 5.45. The van der Waals surface area contributed by atoms with E-state index in [9.17, 15) is 0 Å². The summed E-state index contributed by atoms with van der Waals surface area (Å²) in [5.74, 6) is 0. The fourth-order valence-corrected chi connectivity index (χ4v) is 1.82. The number of aromatic nitrogens is 1. The number of hydrogen-bond acceptors (Lipinski definition) is 3. The zero-order valence-electron chi connectivity index (χ0n) is 11.1. The number of anilines is 1. The van der Waals surface area contributed by atoms with Gasteiger partial charge in [-0.25, -0.2) is 0 Å². The van der Waals surface area contributed by atoms with E-state index in [0.717, 1.165) is 31.0 Å². The normalized spacial score (nSPS) is 12.2. The van der Waals surface area contributed by atoms with Crippen LogP contribution >= 0.6 is 0 Å². The van der Waals surface area contributed by atoms with Crippen LogP contribution in [0.1, 0.15) is 32.5 Å². The molecule has 0 aromatic carbocycles. The molecule has 0 aliphatic carbocycles. The van der Waals surface area contributed by atoms with Crippen molar-refractivity contribution in [1.82, 2.24) is 10.3 Å². The van der Waals surface area contributed by atoms with Crippen LogP contribution in [0.3, 0.4) is 0 Å². The monoisotopic (exact) mass is 233 g/mol. The van der Waals surface area contributed by atoms with Crippen LogP contribution in [0.25, 0.3) is 0 Å². The Kier molecular flexibility index (Phi) is 5.70. The highest BCUT2D eigenvalue weighted by Gasteiger charge is 2.07. The number of nitrogens with zero attached hydrogens (tertiary/aromatic N) is 2. The lowest BCUT2D eigenvalue weighted by Crippen LogP contribution is -2.23. The Labute approximate surface area is 105 Å². The molecule has 0 saturated heterocycles. The third kappa shape index (κ3) is 3.86. The van der Waals surface area contributed by atoms with Gasteiger partial charge in [-0.15, -0.1) is 6.58 Å². The van der Waals surface area contributed by atoms with Crippen molar-refractivity contribution in [2.45, 2.75) is 26.8 Å². The summed E-state index contributed by atoms with van der Waals surface area (Å²) in [5, 5.41) is 3.36. The Morgan fingerprint density at radius 1 is 1.47 bits per heavy atom. The molecule has 1 aromatic rings. The number of hydrogen-bond donors (Lipinski definition) is 1. The summed E-state index contributed by atoms with van der Waals surface area (Å²) in [6, 6.07) is 4.53. The molecule has 0 saturated carbocycles. The van der Waals surface area contributed by atoms with Gasteiger partial charge in [-0.2, -0.15) is 0 Å². The fraction of sp³-hybridized carbons (Fsp3) is 0.500. The van der Waals surface area contributed by atoms with Gasteiger partial charge in [-0.1, -0.05) is 13.0 Å². The molecule has 1 rings (SSSR count). The summed E-state index contributed by atoms with van der Waals surface area (Å²) >= 11 is 0. The van der Waals surface area contributed by atoms with E-state index in [4.69, 9.17) is 0 Å². The zero-order valence-corrected chi connectivity index (χ0v) is 11.1. The second-order valence-electron chi connectivity index (χ2n) is 4.05. The number of likely N-dealkylation sites (N-methyl/N-ethyl adjacent to an activating group) is 1. The van der Waals surface area contributed by atoms with Crippen LogP contribution in [0.4, 0.5) is 5.69 Å². The van der Waals surface area contributed by atoms with Gasteiger partial charge in [0.2, 0.25) is 0 Å². The van der Waals surface area contributed by atoms with Crippen LogP contribution in [0.5, 0.6) is 0 Å². The van der Waals surface area contributed by atoms with Crippen molar-refractivity contribution >= 4 is 5.69 Å². The lowest BCUT2D eigenvalue weighted by molar-refractivity contribution is 0.583. The van der Waals surface area contributed by atoms with Gasteiger partial charge in [0.05, 0.1) is 17.6 Å². The van der Waals surface area contributed by atoms with Crippen LogP contribution in [0, 0.1) is 0 Å². The van der Waals surface area contributed by atoms with E-state index < -0.39 is 0 Å². The van der Waals surface area contributed by atoms with Gasteiger partial charge in [0.25, 0.3) is 0 Å². The topological polar surface area (TPSA) is 28.2 Å². The molecule has 3 heteroatoms. The maximum atomic E-state index is 4.51. The molecule has 1 heterocycles. The van der Waals surface area contributed by atoms with Crippen molar-refractivity contribution in [3.63, 3.8) is 0 Å². The first kappa shape index (κ1) is 13.7. The highest BCUT2D eigenvalue weighted by Crippen LogP contribution is 2.16. The molecule has 1 N–H and O–H groups in total. The SMILES string of the molecule is C=CCN(CC)c1ccc(C(C)NCC)nc1. The van der Waals surface area contributed by atoms with Crippen molar-refractivity contribution in [3.8, 4) is 0 Å². The largest absolute Gasteiger partial charge is 0.367 e. The van der Waals surface area contributed by atoms with Gasteiger partial charge >= 0.3 is 0 Å². The highest BCUT2D eigenvalue weighted by atomic mass is 15.1. The van der Waals surface area contributed by atoms with Crippen molar-refractivity contribution in [1.29, 1.82) is 0 Å².